The van der Waals surface area contributed by atoms with Crippen molar-refractivity contribution >= 4 is 0 Å². The Morgan fingerprint density at radius 3 is 2.33 bits per heavy atom. The minimum Gasteiger partial charge on any atom is -0.393 e. The maximum Gasteiger partial charge on any atom is 0.0543 e. The lowest BCUT2D eigenvalue weighted by molar-refractivity contribution is 0.0656. The number of aliphatic hydroxyl groups excluding tert-OH is 1. The van der Waals surface area contributed by atoms with Crippen LogP contribution in [0.1, 0.15) is 51.4 Å². The smallest absolute Gasteiger partial charge is 0.0543 e. The molecule has 2 saturated carbocycles. The molecule has 2 aliphatic rings. The fraction of sp³-hybridized carbons (Fsp3) is 1.00. The van der Waals surface area contributed by atoms with Gasteiger partial charge >= 0.3 is 0 Å². The normalized spacial score (nSPS) is 43.2. The second-order valence-electron chi connectivity index (χ2n) is 4.63. The molecule has 0 aromatic heterocycles. The summed E-state index contributed by atoms with van der Waals surface area (Å²) in [6.45, 7) is 0. The summed E-state index contributed by atoms with van der Waals surface area (Å²) in [5, 5.41) is 9.54. The molecule has 0 bridgehead atoms. The van der Waals surface area contributed by atoms with Crippen LogP contribution in [0.3, 0.4) is 0 Å². The van der Waals surface area contributed by atoms with Crippen LogP contribution in [-0.4, -0.2) is 11.2 Å². The number of hydrogen-bond acceptors (Lipinski definition) is 1. The van der Waals surface area contributed by atoms with Crippen LogP contribution in [0.5, 0.6) is 0 Å². The van der Waals surface area contributed by atoms with E-state index in [2.05, 4.69) is 0 Å². The minimum absolute atomic E-state index is 0.0318. The van der Waals surface area contributed by atoms with Gasteiger partial charge in [0.2, 0.25) is 0 Å². The highest BCUT2D eigenvalue weighted by molar-refractivity contribution is 4.81. The van der Waals surface area contributed by atoms with Gasteiger partial charge in [0.1, 0.15) is 0 Å². The first-order valence-corrected chi connectivity index (χ1v) is 5.54. The van der Waals surface area contributed by atoms with Crippen LogP contribution in [0.2, 0.25) is 0 Å². The molecule has 1 heteroatoms. The van der Waals surface area contributed by atoms with Crippen LogP contribution in [-0.2, 0) is 0 Å². The third-order valence-electron chi connectivity index (χ3n) is 3.76. The largest absolute Gasteiger partial charge is 0.393 e. The number of fused-ring (bicyclic) bond motifs is 1. The Labute approximate surface area is 75.2 Å². The number of hydrogen-bond donors (Lipinski definition) is 1. The van der Waals surface area contributed by atoms with Gasteiger partial charge in [-0.15, -0.1) is 0 Å². The first kappa shape index (κ1) is 8.55. The van der Waals surface area contributed by atoms with Gasteiger partial charge in [-0.05, 0) is 31.1 Å². The second kappa shape index (κ2) is 3.78. The zero-order chi connectivity index (χ0) is 8.39. The first-order valence-electron chi connectivity index (χ1n) is 5.54. The molecule has 1 nitrogen and oxygen atoms in total. The molecular weight excluding hydrogens is 148 g/mol. The van der Waals surface area contributed by atoms with E-state index in [9.17, 15) is 5.11 Å². The average Bonchev–Trinajstić information content (AvgIpc) is 2.28. The molecule has 3 atom stereocenters. The molecule has 2 rings (SSSR count). The van der Waals surface area contributed by atoms with E-state index in [4.69, 9.17) is 0 Å². The third kappa shape index (κ3) is 1.82. The lowest BCUT2D eigenvalue weighted by Crippen LogP contribution is -2.26. The van der Waals surface area contributed by atoms with E-state index < -0.39 is 0 Å². The van der Waals surface area contributed by atoms with Gasteiger partial charge < -0.3 is 5.11 Å². The molecule has 70 valence electrons. The van der Waals surface area contributed by atoms with Gasteiger partial charge in [-0.3, -0.25) is 0 Å². The summed E-state index contributed by atoms with van der Waals surface area (Å²) in [7, 11) is 0. The first-order chi connectivity index (χ1) is 5.86. The average molecular weight is 168 g/mol. The van der Waals surface area contributed by atoms with Crippen molar-refractivity contribution in [2.75, 3.05) is 0 Å². The highest BCUT2D eigenvalue weighted by Crippen LogP contribution is 2.39. The lowest BCUT2D eigenvalue weighted by atomic mass is 9.75. The Kier molecular flexibility index (Phi) is 2.69. The molecule has 12 heavy (non-hydrogen) atoms. The van der Waals surface area contributed by atoms with Gasteiger partial charge in [-0.2, -0.15) is 0 Å². The van der Waals surface area contributed by atoms with Gasteiger partial charge in [0.25, 0.3) is 0 Å². The zero-order valence-electron chi connectivity index (χ0n) is 7.84. The van der Waals surface area contributed by atoms with Crippen molar-refractivity contribution in [3.8, 4) is 0 Å². The van der Waals surface area contributed by atoms with E-state index in [0.717, 1.165) is 24.7 Å². The van der Waals surface area contributed by atoms with Gasteiger partial charge in [-0.25, -0.2) is 0 Å². The molecule has 0 amide bonds. The molecule has 0 aromatic carbocycles. The fourth-order valence-electron chi connectivity index (χ4n) is 3.03. The van der Waals surface area contributed by atoms with Gasteiger partial charge in [-0.1, -0.05) is 32.1 Å². The van der Waals surface area contributed by atoms with Crippen molar-refractivity contribution in [1.29, 1.82) is 0 Å². The molecular formula is C11H20O. The summed E-state index contributed by atoms with van der Waals surface area (Å²) < 4.78 is 0. The molecule has 0 spiro atoms. The number of aliphatic hydroxyl groups is 1. The monoisotopic (exact) mass is 168 g/mol. The van der Waals surface area contributed by atoms with E-state index in [1.165, 1.54) is 38.5 Å². The summed E-state index contributed by atoms with van der Waals surface area (Å²) in [5.74, 6) is 1.84. The van der Waals surface area contributed by atoms with Gasteiger partial charge in [0, 0.05) is 0 Å². The lowest BCUT2D eigenvalue weighted by Gasteiger charge is -2.32. The zero-order valence-corrected chi connectivity index (χ0v) is 7.84. The van der Waals surface area contributed by atoms with E-state index in [-0.39, 0.29) is 6.10 Å². The van der Waals surface area contributed by atoms with Crippen molar-refractivity contribution in [3.05, 3.63) is 0 Å². The molecule has 0 aromatic rings. The maximum atomic E-state index is 9.54. The second-order valence-corrected chi connectivity index (χ2v) is 4.63. The predicted octanol–water partition coefficient (Wildman–Crippen LogP) is 2.73. The van der Waals surface area contributed by atoms with Gasteiger partial charge in [0.05, 0.1) is 6.10 Å². The Balaban J connectivity index is 1.94. The van der Waals surface area contributed by atoms with Gasteiger partial charge in [0.15, 0.2) is 0 Å². The molecule has 0 radical (unpaired) electrons. The van der Waals surface area contributed by atoms with Crippen molar-refractivity contribution in [3.63, 3.8) is 0 Å². The molecule has 2 unspecified atom stereocenters. The highest BCUT2D eigenvalue weighted by atomic mass is 16.3. The molecule has 0 heterocycles. The summed E-state index contributed by atoms with van der Waals surface area (Å²) in [6, 6.07) is 0. The summed E-state index contributed by atoms with van der Waals surface area (Å²) in [5.41, 5.74) is 0. The Hall–Kier alpha value is -0.0400. The maximum absolute atomic E-state index is 9.54. The molecule has 2 fully saturated rings. The van der Waals surface area contributed by atoms with E-state index in [0.29, 0.717) is 0 Å². The Morgan fingerprint density at radius 1 is 0.750 bits per heavy atom. The Morgan fingerprint density at radius 2 is 1.50 bits per heavy atom. The van der Waals surface area contributed by atoms with Crippen LogP contribution >= 0.6 is 0 Å². The quantitative estimate of drug-likeness (QED) is 0.589. The molecule has 2 aliphatic carbocycles. The van der Waals surface area contributed by atoms with E-state index in [1.807, 2.05) is 0 Å². The third-order valence-corrected chi connectivity index (χ3v) is 3.76. The van der Waals surface area contributed by atoms with Crippen molar-refractivity contribution in [1.82, 2.24) is 0 Å². The van der Waals surface area contributed by atoms with Crippen molar-refractivity contribution in [2.45, 2.75) is 57.5 Å². The van der Waals surface area contributed by atoms with Crippen molar-refractivity contribution < 1.29 is 5.11 Å². The topological polar surface area (TPSA) is 20.2 Å². The van der Waals surface area contributed by atoms with Crippen LogP contribution in [0.4, 0.5) is 0 Å². The molecule has 0 aliphatic heterocycles. The summed E-state index contributed by atoms with van der Waals surface area (Å²) in [6.07, 6.45) is 10.6. The van der Waals surface area contributed by atoms with E-state index in [1.54, 1.807) is 0 Å². The summed E-state index contributed by atoms with van der Waals surface area (Å²) >= 11 is 0. The minimum atomic E-state index is 0.0318. The van der Waals surface area contributed by atoms with E-state index >= 15 is 0 Å². The van der Waals surface area contributed by atoms with Crippen LogP contribution < -0.4 is 0 Å². The Bertz CT molecular complexity index is 144. The highest BCUT2D eigenvalue weighted by Gasteiger charge is 2.29. The van der Waals surface area contributed by atoms with Crippen LogP contribution in [0.15, 0.2) is 0 Å². The van der Waals surface area contributed by atoms with Crippen LogP contribution in [0.25, 0.3) is 0 Å². The van der Waals surface area contributed by atoms with Crippen molar-refractivity contribution in [2.24, 2.45) is 11.8 Å². The number of rotatable bonds is 0. The molecule has 0 saturated heterocycles. The summed E-state index contributed by atoms with van der Waals surface area (Å²) in [4.78, 5) is 0. The van der Waals surface area contributed by atoms with Crippen LogP contribution in [0, 0.1) is 11.8 Å². The fourth-order valence-corrected chi connectivity index (χ4v) is 3.03. The SMILES string of the molecule is OC1CC[C@H]2CCCCCC2C1. The standard InChI is InChI=1S/C11H20O/c12-11-7-6-9-4-2-1-3-5-10(9)8-11/h9-12H,1-8H2/t9-,10?,11?/m1/s1. The predicted molar refractivity (Wildman–Crippen MR) is 49.9 cm³/mol. The molecule has 1 N–H and O–H groups in total.